The number of likely N-dealkylation sites (tertiary alicyclic amines) is 1. The van der Waals surface area contributed by atoms with E-state index in [-0.39, 0.29) is 17.9 Å². The van der Waals surface area contributed by atoms with Crippen LogP contribution in [0.15, 0.2) is 22.8 Å². The fourth-order valence-corrected chi connectivity index (χ4v) is 4.26. The van der Waals surface area contributed by atoms with Crippen LogP contribution in [0, 0.1) is 12.8 Å². The number of nitrogens with zero attached hydrogens (tertiary/aromatic N) is 9. The summed E-state index contributed by atoms with van der Waals surface area (Å²) in [6.45, 7) is 7.05. The summed E-state index contributed by atoms with van der Waals surface area (Å²) < 4.78 is 10.1. The monoisotopic (exact) mass is 423 g/mol. The quantitative estimate of drug-likeness (QED) is 0.616. The Bertz CT molecular complexity index is 1160. The molecule has 0 saturated carbocycles. The number of azo groups is 1. The van der Waals surface area contributed by atoms with Crippen LogP contribution in [0.2, 0.25) is 0 Å². The lowest BCUT2D eigenvalue weighted by Gasteiger charge is -2.19. The first-order valence-corrected chi connectivity index (χ1v) is 10.6. The molecule has 3 aromatic heterocycles. The molecule has 5 heterocycles. The third kappa shape index (κ3) is 3.33. The van der Waals surface area contributed by atoms with E-state index in [1.165, 1.54) is 6.33 Å². The van der Waals surface area contributed by atoms with Crippen LogP contribution in [0.3, 0.4) is 0 Å². The van der Waals surface area contributed by atoms with Crippen molar-refractivity contribution in [2.45, 2.75) is 32.9 Å². The highest BCUT2D eigenvalue weighted by atomic mass is 16.5. The number of aryl methyl sites for hydroxylation is 2. The van der Waals surface area contributed by atoms with E-state index in [0.29, 0.717) is 43.2 Å². The molecule has 0 bridgehead atoms. The number of carbonyl (C=O) groups is 1. The standard InChI is InChI=1S/C20H25N9O2/c1-4-29-12(2)15(9-25-29)17-26-16-18(27(17)3)21-11-22-19(16)31-14-5-6-28(10-14)20(30)13-7-23-24-8-13/h9,11,13-14H,4-8,10H2,1-3H3. The second-order valence-electron chi connectivity index (χ2n) is 7.96. The summed E-state index contributed by atoms with van der Waals surface area (Å²) in [5.74, 6) is 1.19. The van der Waals surface area contributed by atoms with Crippen LogP contribution in [0.4, 0.5) is 0 Å². The molecule has 1 fully saturated rings. The van der Waals surface area contributed by atoms with Crippen LogP contribution in [-0.2, 0) is 18.4 Å². The van der Waals surface area contributed by atoms with Gasteiger partial charge in [0.1, 0.15) is 18.3 Å². The van der Waals surface area contributed by atoms with Gasteiger partial charge in [0, 0.05) is 32.3 Å². The number of aromatic nitrogens is 6. The van der Waals surface area contributed by atoms with Crippen molar-refractivity contribution in [3.05, 3.63) is 18.2 Å². The number of ether oxygens (including phenoxy) is 1. The van der Waals surface area contributed by atoms with Crippen LogP contribution in [0.1, 0.15) is 19.0 Å². The van der Waals surface area contributed by atoms with Gasteiger partial charge < -0.3 is 14.2 Å². The van der Waals surface area contributed by atoms with Crippen LogP contribution in [0.25, 0.3) is 22.6 Å². The second-order valence-corrected chi connectivity index (χ2v) is 7.96. The first-order chi connectivity index (χ1) is 15.1. The lowest BCUT2D eigenvalue weighted by Crippen LogP contribution is -2.37. The summed E-state index contributed by atoms with van der Waals surface area (Å²) >= 11 is 0. The lowest BCUT2D eigenvalue weighted by molar-refractivity contribution is -0.133. The summed E-state index contributed by atoms with van der Waals surface area (Å²) in [6, 6.07) is 0. The first-order valence-electron chi connectivity index (χ1n) is 10.6. The molecule has 1 unspecified atom stereocenters. The van der Waals surface area contributed by atoms with Gasteiger partial charge in [0.15, 0.2) is 11.2 Å². The summed E-state index contributed by atoms with van der Waals surface area (Å²) in [5.41, 5.74) is 3.32. The smallest absolute Gasteiger partial charge is 0.245 e. The lowest BCUT2D eigenvalue weighted by atomic mass is 10.1. The number of rotatable bonds is 5. The van der Waals surface area contributed by atoms with E-state index in [4.69, 9.17) is 9.72 Å². The second kappa shape index (κ2) is 7.71. The first kappa shape index (κ1) is 19.6. The molecule has 3 aromatic rings. The van der Waals surface area contributed by atoms with Gasteiger partial charge >= 0.3 is 0 Å². The highest BCUT2D eigenvalue weighted by molar-refractivity contribution is 5.82. The van der Waals surface area contributed by atoms with Gasteiger partial charge in [0.2, 0.25) is 11.8 Å². The molecule has 5 rings (SSSR count). The van der Waals surface area contributed by atoms with Crippen molar-refractivity contribution in [1.82, 2.24) is 34.2 Å². The predicted octanol–water partition coefficient (Wildman–Crippen LogP) is 1.62. The average molecular weight is 423 g/mol. The Labute approximate surface area is 179 Å². The molecule has 162 valence electrons. The number of imidazole rings is 1. The number of fused-ring (bicyclic) bond motifs is 1. The summed E-state index contributed by atoms with van der Waals surface area (Å²) in [6.07, 6.45) is 3.94. The van der Waals surface area contributed by atoms with Crippen molar-refractivity contribution in [1.29, 1.82) is 0 Å². The van der Waals surface area contributed by atoms with Crippen molar-refractivity contribution in [2.24, 2.45) is 23.2 Å². The van der Waals surface area contributed by atoms with Crippen molar-refractivity contribution in [3.63, 3.8) is 0 Å². The maximum Gasteiger partial charge on any atom is 0.245 e. The molecular weight excluding hydrogens is 398 g/mol. The molecule has 0 aliphatic carbocycles. The van der Waals surface area contributed by atoms with E-state index in [1.807, 2.05) is 34.3 Å². The molecule has 1 atom stereocenters. The van der Waals surface area contributed by atoms with E-state index in [1.54, 1.807) is 0 Å². The molecule has 0 aromatic carbocycles. The van der Waals surface area contributed by atoms with Crippen molar-refractivity contribution >= 4 is 17.1 Å². The molecular formula is C20H25N9O2. The fourth-order valence-electron chi connectivity index (χ4n) is 4.26. The molecule has 1 saturated heterocycles. The zero-order chi connectivity index (χ0) is 21.5. The van der Waals surface area contributed by atoms with Crippen molar-refractivity contribution in [2.75, 3.05) is 26.2 Å². The van der Waals surface area contributed by atoms with Gasteiger partial charge in [0.25, 0.3) is 0 Å². The van der Waals surface area contributed by atoms with Crippen LogP contribution >= 0.6 is 0 Å². The molecule has 0 spiro atoms. The molecule has 0 N–H and O–H groups in total. The van der Waals surface area contributed by atoms with Gasteiger partial charge in [-0.2, -0.15) is 20.3 Å². The number of hydrogen-bond donors (Lipinski definition) is 0. The third-order valence-corrected chi connectivity index (χ3v) is 6.05. The highest BCUT2D eigenvalue weighted by Gasteiger charge is 2.33. The number of carbonyl (C=O) groups excluding carboxylic acids is 1. The minimum Gasteiger partial charge on any atom is -0.471 e. The normalized spacial score (nSPS) is 19.1. The van der Waals surface area contributed by atoms with Crippen LogP contribution in [0.5, 0.6) is 5.88 Å². The molecule has 11 nitrogen and oxygen atoms in total. The zero-order valence-electron chi connectivity index (χ0n) is 17.9. The van der Waals surface area contributed by atoms with Gasteiger partial charge in [-0.3, -0.25) is 9.48 Å². The molecule has 2 aliphatic heterocycles. The van der Waals surface area contributed by atoms with Gasteiger partial charge in [-0.25, -0.2) is 9.97 Å². The minimum absolute atomic E-state index is 0.104. The number of hydrogen-bond acceptors (Lipinski definition) is 8. The topological polar surface area (TPSA) is 116 Å². The molecule has 0 radical (unpaired) electrons. The van der Waals surface area contributed by atoms with E-state index < -0.39 is 0 Å². The highest BCUT2D eigenvalue weighted by Crippen LogP contribution is 2.30. The molecule has 2 aliphatic rings. The molecule has 31 heavy (non-hydrogen) atoms. The zero-order valence-corrected chi connectivity index (χ0v) is 17.9. The van der Waals surface area contributed by atoms with E-state index in [2.05, 4.69) is 32.2 Å². The number of amides is 1. The van der Waals surface area contributed by atoms with Gasteiger partial charge in [-0.05, 0) is 13.8 Å². The largest absolute Gasteiger partial charge is 0.471 e. The van der Waals surface area contributed by atoms with Gasteiger partial charge in [-0.1, -0.05) is 0 Å². The third-order valence-electron chi connectivity index (χ3n) is 6.05. The average Bonchev–Trinajstić information content (AvgIpc) is 3.56. The van der Waals surface area contributed by atoms with Crippen LogP contribution in [-0.4, -0.2) is 72.4 Å². The van der Waals surface area contributed by atoms with Crippen molar-refractivity contribution in [3.8, 4) is 17.3 Å². The van der Waals surface area contributed by atoms with Crippen molar-refractivity contribution < 1.29 is 9.53 Å². The summed E-state index contributed by atoms with van der Waals surface area (Å²) in [5, 5.41) is 12.3. The Morgan fingerprint density at radius 3 is 2.81 bits per heavy atom. The predicted molar refractivity (Wildman–Crippen MR) is 112 cm³/mol. The summed E-state index contributed by atoms with van der Waals surface area (Å²) in [4.78, 5) is 28.0. The molecule has 11 heteroatoms. The Hall–Kier alpha value is -3.37. The summed E-state index contributed by atoms with van der Waals surface area (Å²) in [7, 11) is 1.93. The minimum atomic E-state index is -0.132. The fraction of sp³-hybridized carbons (Fsp3) is 0.550. The maximum atomic E-state index is 12.6. The van der Waals surface area contributed by atoms with E-state index in [9.17, 15) is 4.79 Å². The Balaban J connectivity index is 1.38. The van der Waals surface area contributed by atoms with Gasteiger partial charge in [-0.15, -0.1) is 0 Å². The van der Waals surface area contributed by atoms with E-state index >= 15 is 0 Å². The maximum absolute atomic E-state index is 12.6. The Kier molecular flexibility index (Phi) is 4.87. The Morgan fingerprint density at radius 1 is 1.26 bits per heavy atom. The SMILES string of the molecule is CCn1ncc(-c2nc3c(OC4CCN(C(=O)C5CN=NC5)C4)ncnc3n2C)c1C. The Morgan fingerprint density at radius 2 is 2.06 bits per heavy atom. The van der Waals surface area contributed by atoms with Crippen LogP contribution < -0.4 is 4.74 Å². The van der Waals surface area contributed by atoms with Gasteiger partial charge in [0.05, 0.1) is 37.3 Å². The molecule has 1 amide bonds. The van der Waals surface area contributed by atoms with E-state index in [0.717, 1.165) is 30.0 Å².